The van der Waals surface area contributed by atoms with Gasteiger partial charge in [-0.25, -0.2) is 4.79 Å². The molecule has 0 aliphatic carbocycles. The van der Waals surface area contributed by atoms with Crippen LogP contribution < -0.4 is 5.32 Å². The van der Waals surface area contributed by atoms with Crippen LogP contribution in [0.15, 0.2) is 60.7 Å². The molecule has 0 spiro atoms. The summed E-state index contributed by atoms with van der Waals surface area (Å²) in [5.41, 5.74) is 1.58. The standard InChI is InChI=1S/C16H16BrNO2/c17-11-15(12-18-14-9-5-2-6-10-14)20-16(19)13-7-3-1-4-8-13/h1-10,15,18H,11-12H2. The van der Waals surface area contributed by atoms with E-state index in [2.05, 4.69) is 21.2 Å². The first-order valence-electron chi connectivity index (χ1n) is 6.40. The average Bonchev–Trinajstić information content (AvgIpc) is 2.53. The maximum absolute atomic E-state index is 12.0. The number of halogens is 1. The molecule has 1 unspecified atom stereocenters. The molecule has 0 bridgehead atoms. The highest BCUT2D eigenvalue weighted by molar-refractivity contribution is 9.09. The Morgan fingerprint density at radius 1 is 1.05 bits per heavy atom. The fraction of sp³-hybridized carbons (Fsp3) is 0.188. The maximum Gasteiger partial charge on any atom is 0.338 e. The van der Waals surface area contributed by atoms with Crippen LogP contribution >= 0.6 is 15.9 Å². The highest BCUT2D eigenvalue weighted by Crippen LogP contribution is 2.09. The third kappa shape index (κ3) is 4.38. The van der Waals surface area contributed by atoms with Crippen molar-refractivity contribution >= 4 is 27.6 Å². The monoisotopic (exact) mass is 333 g/mol. The van der Waals surface area contributed by atoms with Gasteiger partial charge < -0.3 is 10.1 Å². The zero-order chi connectivity index (χ0) is 14.2. The number of ether oxygens (including phenoxy) is 1. The number of anilines is 1. The van der Waals surface area contributed by atoms with Gasteiger partial charge in [-0.2, -0.15) is 0 Å². The Kier molecular flexibility index (Phi) is 5.62. The van der Waals surface area contributed by atoms with Gasteiger partial charge in [0.15, 0.2) is 0 Å². The zero-order valence-electron chi connectivity index (χ0n) is 11.0. The summed E-state index contributed by atoms with van der Waals surface area (Å²) in [5.74, 6) is -0.301. The molecule has 3 nitrogen and oxygen atoms in total. The van der Waals surface area contributed by atoms with Gasteiger partial charge in [-0.1, -0.05) is 52.3 Å². The first-order valence-corrected chi connectivity index (χ1v) is 7.52. The van der Waals surface area contributed by atoms with Crippen LogP contribution in [0.3, 0.4) is 0 Å². The normalized spacial score (nSPS) is 11.7. The van der Waals surface area contributed by atoms with Gasteiger partial charge in [0.05, 0.1) is 12.1 Å². The molecule has 0 aliphatic rings. The number of alkyl halides is 1. The molecule has 0 aliphatic heterocycles. The minimum atomic E-state index is -0.301. The third-order valence-electron chi connectivity index (χ3n) is 2.76. The molecule has 0 saturated carbocycles. The van der Waals surface area contributed by atoms with E-state index in [9.17, 15) is 4.79 Å². The number of rotatable bonds is 6. The van der Waals surface area contributed by atoms with E-state index in [0.717, 1.165) is 5.69 Å². The number of para-hydroxylation sites is 1. The van der Waals surface area contributed by atoms with Gasteiger partial charge in [0, 0.05) is 11.0 Å². The van der Waals surface area contributed by atoms with Crippen LogP contribution in [0.2, 0.25) is 0 Å². The van der Waals surface area contributed by atoms with Crippen molar-refractivity contribution in [3.8, 4) is 0 Å². The predicted molar refractivity (Wildman–Crippen MR) is 84.4 cm³/mol. The van der Waals surface area contributed by atoms with Crippen LogP contribution in [0.1, 0.15) is 10.4 Å². The van der Waals surface area contributed by atoms with E-state index in [1.165, 1.54) is 0 Å². The van der Waals surface area contributed by atoms with Crippen molar-refractivity contribution in [1.29, 1.82) is 0 Å². The average molecular weight is 334 g/mol. The Bertz CT molecular complexity index is 531. The van der Waals surface area contributed by atoms with E-state index < -0.39 is 0 Å². The van der Waals surface area contributed by atoms with Crippen molar-refractivity contribution in [1.82, 2.24) is 0 Å². The van der Waals surface area contributed by atoms with Crippen molar-refractivity contribution in [2.75, 3.05) is 17.2 Å². The molecule has 2 aromatic carbocycles. The lowest BCUT2D eigenvalue weighted by Crippen LogP contribution is -2.27. The maximum atomic E-state index is 12.0. The number of hydrogen-bond acceptors (Lipinski definition) is 3. The lowest BCUT2D eigenvalue weighted by molar-refractivity contribution is 0.0377. The summed E-state index contributed by atoms with van der Waals surface area (Å²) in [5, 5.41) is 3.83. The number of nitrogens with one attached hydrogen (secondary N) is 1. The highest BCUT2D eigenvalue weighted by Gasteiger charge is 2.14. The molecule has 2 aromatic rings. The summed E-state index contributed by atoms with van der Waals surface area (Å²) in [6, 6.07) is 18.8. The molecule has 0 fully saturated rings. The van der Waals surface area contributed by atoms with E-state index in [1.54, 1.807) is 12.1 Å². The van der Waals surface area contributed by atoms with Gasteiger partial charge >= 0.3 is 5.97 Å². The second-order valence-electron chi connectivity index (χ2n) is 4.29. The van der Waals surface area contributed by atoms with Crippen molar-refractivity contribution in [2.45, 2.75) is 6.10 Å². The van der Waals surface area contributed by atoms with Crippen molar-refractivity contribution in [2.24, 2.45) is 0 Å². The smallest absolute Gasteiger partial charge is 0.338 e. The molecule has 2 rings (SSSR count). The highest BCUT2D eigenvalue weighted by atomic mass is 79.9. The molecule has 0 saturated heterocycles. The molecule has 104 valence electrons. The van der Waals surface area contributed by atoms with Crippen molar-refractivity contribution in [3.63, 3.8) is 0 Å². The number of carbonyl (C=O) groups is 1. The second-order valence-corrected chi connectivity index (χ2v) is 4.94. The molecule has 20 heavy (non-hydrogen) atoms. The molecule has 0 radical (unpaired) electrons. The van der Waals surface area contributed by atoms with Crippen molar-refractivity contribution < 1.29 is 9.53 Å². The van der Waals surface area contributed by atoms with E-state index in [0.29, 0.717) is 17.4 Å². The second kappa shape index (κ2) is 7.70. The van der Waals surface area contributed by atoms with Gasteiger partial charge in [0.2, 0.25) is 0 Å². The van der Waals surface area contributed by atoms with Gasteiger partial charge in [0.1, 0.15) is 6.10 Å². The quantitative estimate of drug-likeness (QED) is 0.646. The first-order chi connectivity index (χ1) is 9.79. The van der Waals surface area contributed by atoms with Crippen LogP contribution in [-0.2, 0) is 4.74 Å². The van der Waals surface area contributed by atoms with E-state index in [-0.39, 0.29) is 12.1 Å². The summed E-state index contributed by atoms with van der Waals surface area (Å²) in [4.78, 5) is 12.0. The molecule has 1 N–H and O–H groups in total. The molecule has 0 amide bonds. The Balaban J connectivity index is 1.88. The molecule has 0 heterocycles. The largest absolute Gasteiger partial charge is 0.456 e. The predicted octanol–water partition coefficient (Wildman–Crippen LogP) is 3.72. The lowest BCUT2D eigenvalue weighted by atomic mass is 10.2. The fourth-order valence-corrected chi connectivity index (χ4v) is 2.07. The Morgan fingerprint density at radius 3 is 2.25 bits per heavy atom. The lowest BCUT2D eigenvalue weighted by Gasteiger charge is -2.17. The summed E-state index contributed by atoms with van der Waals surface area (Å²) < 4.78 is 5.46. The van der Waals surface area contributed by atoms with Crippen LogP contribution in [0.4, 0.5) is 5.69 Å². The zero-order valence-corrected chi connectivity index (χ0v) is 12.5. The van der Waals surface area contributed by atoms with Crippen LogP contribution in [-0.4, -0.2) is 23.9 Å². The molecule has 4 heteroatoms. The summed E-state index contributed by atoms with van der Waals surface area (Å²) in [6.45, 7) is 0.563. The van der Waals surface area contributed by atoms with E-state index in [4.69, 9.17) is 4.74 Å². The van der Waals surface area contributed by atoms with Crippen LogP contribution in [0, 0.1) is 0 Å². The van der Waals surface area contributed by atoms with Gasteiger partial charge in [-0.15, -0.1) is 0 Å². The number of hydrogen-bond donors (Lipinski definition) is 1. The van der Waals surface area contributed by atoms with Gasteiger partial charge in [-0.05, 0) is 24.3 Å². The molecular weight excluding hydrogens is 318 g/mol. The summed E-state index contributed by atoms with van der Waals surface area (Å²) in [6.07, 6.45) is -0.220. The first kappa shape index (κ1) is 14.6. The van der Waals surface area contributed by atoms with Crippen LogP contribution in [0.5, 0.6) is 0 Å². The van der Waals surface area contributed by atoms with E-state index in [1.807, 2.05) is 48.5 Å². The van der Waals surface area contributed by atoms with Crippen LogP contribution in [0.25, 0.3) is 0 Å². The number of esters is 1. The molecule has 1 atom stereocenters. The fourth-order valence-electron chi connectivity index (χ4n) is 1.71. The Morgan fingerprint density at radius 2 is 1.65 bits per heavy atom. The summed E-state index contributed by atoms with van der Waals surface area (Å²) in [7, 11) is 0. The minimum absolute atomic E-state index is 0.220. The molecular formula is C16H16BrNO2. The third-order valence-corrected chi connectivity index (χ3v) is 3.49. The minimum Gasteiger partial charge on any atom is -0.456 e. The SMILES string of the molecule is O=C(OC(CBr)CNc1ccccc1)c1ccccc1. The Hall–Kier alpha value is -1.81. The van der Waals surface area contributed by atoms with E-state index >= 15 is 0 Å². The van der Waals surface area contributed by atoms with Gasteiger partial charge in [0.25, 0.3) is 0 Å². The van der Waals surface area contributed by atoms with Crippen molar-refractivity contribution in [3.05, 3.63) is 66.2 Å². The summed E-state index contributed by atoms with van der Waals surface area (Å²) >= 11 is 3.37. The number of carbonyl (C=O) groups excluding carboxylic acids is 1. The molecule has 0 aromatic heterocycles. The topological polar surface area (TPSA) is 38.3 Å². The number of benzene rings is 2. The van der Waals surface area contributed by atoms with Gasteiger partial charge in [-0.3, -0.25) is 0 Å². The Labute approximate surface area is 127 Å².